The Hall–Kier alpha value is -0.140. The van der Waals surface area contributed by atoms with Crippen molar-refractivity contribution in [1.82, 2.24) is 4.31 Å². The lowest BCUT2D eigenvalue weighted by atomic mass is 10.3. The predicted molar refractivity (Wildman–Crippen MR) is 73.7 cm³/mol. The van der Waals surface area contributed by atoms with E-state index in [-0.39, 0.29) is 5.69 Å². The molecule has 0 spiro atoms. The van der Waals surface area contributed by atoms with Gasteiger partial charge in [-0.05, 0) is 35.3 Å². The molecule has 0 aromatic heterocycles. The van der Waals surface area contributed by atoms with Crippen molar-refractivity contribution in [2.75, 3.05) is 18.4 Å². The fraction of sp³-hybridized carbons (Fsp3) is 0.333. The highest BCUT2D eigenvalue weighted by Gasteiger charge is 2.40. The number of rotatable bonds is 4. The Labute approximate surface area is 115 Å². The number of hydrogen-bond acceptors (Lipinski definition) is 2. The Morgan fingerprint density at radius 2 is 1.76 bits per heavy atom. The molecule has 1 unspecified atom stereocenters. The SMILES string of the molecule is CN(C)S(=O)(=S)N(c1ccccc1)C(F)(Cl)Cl. The second kappa shape index (κ2) is 5.24. The summed E-state index contributed by atoms with van der Waals surface area (Å²) in [5.74, 6) is 0. The molecule has 1 aromatic rings. The Morgan fingerprint density at radius 3 is 2.12 bits per heavy atom. The van der Waals surface area contributed by atoms with Gasteiger partial charge in [-0.15, -0.1) is 0 Å². The van der Waals surface area contributed by atoms with E-state index in [2.05, 4.69) is 0 Å². The fourth-order valence-electron chi connectivity index (χ4n) is 1.14. The summed E-state index contributed by atoms with van der Waals surface area (Å²) in [5.41, 5.74) is 0.244. The molecular formula is C9H11Cl2FN2OS2. The smallest absolute Gasteiger partial charge is 0.219 e. The Balaban J connectivity index is 3.35. The zero-order valence-corrected chi connectivity index (χ0v) is 12.3. The van der Waals surface area contributed by atoms with Gasteiger partial charge in [-0.3, -0.25) is 0 Å². The minimum Gasteiger partial charge on any atom is -0.219 e. The van der Waals surface area contributed by atoms with Crippen LogP contribution in [0.15, 0.2) is 30.3 Å². The average molecular weight is 317 g/mol. The lowest BCUT2D eigenvalue weighted by Gasteiger charge is -2.33. The van der Waals surface area contributed by atoms with Gasteiger partial charge in [0.1, 0.15) is 0 Å². The predicted octanol–water partition coefficient (Wildman–Crippen LogP) is 2.69. The summed E-state index contributed by atoms with van der Waals surface area (Å²) in [7, 11) is -0.362. The first-order valence-corrected chi connectivity index (χ1v) is 7.67. The molecular weight excluding hydrogens is 306 g/mol. The van der Waals surface area contributed by atoms with E-state index in [1.807, 2.05) is 0 Å². The number of benzene rings is 1. The van der Waals surface area contributed by atoms with E-state index in [9.17, 15) is 8.60 Å². The summed E-state index contributed by atoms with van der Waals surface area (Å²) in [6.45, 7) is 0. The minimum atomic E-state index is -3.29. The highest BCUT2D eigenvalue weighted by Crippen LogP contribution is 2.36. The Bertz CT molecular complexity index is 474. The lowest BCUT2D eigenvalue weighted by Crippen LogP contribution is -2.46. The van der Waals surface area contributed by atoms with Crippen molar-refractivity contribution >= 4 is 48.9 Å². The third-order valence-electron chi connectivity index (χ3n) is 1.91. The number of alkyl halides is 3. The maximum Gasteiger partial charge on any atom is 0.349 e. The first-order valence-electron chi connectivity index (χ1n) is 4.52. The van der Waals surface area contributed by atoms with Crippen LogP contribution in [0.3, 0.4) is 0 Å². The van der Waals surface area contributed by atoms with Crippen LogP contribution in [-0.2, 0) is 20.1 Å². The van der Waals surface area contributed by atoms with Crippen molar-refractivity contribution < 1.29 is 8.60 Å². The number of para-hydroxylation sites is 1. The van der Waals surface area contributed by atoms with Gasteiger partial charge < -0.3 is 0 Å². The molecule has 1 aromatic carbocycles. The number of halogens is 3. The molecule has 0 amide bonds. The van der Waals surface area contributed by atoms with E-state index < -0.39 is 13.6 Å². The molecule has 96 valence electrons. The number of hydrogen-bond donors (Lipinski definition) is 0. The van der Waals surface area contributed by atoms with Gasteiger partial charge in [0.15, 0.2) is 8.86 Å². The Kier molecular flexibility index (Phi) is 4.60. The van der Waals surface area contributed by atoms with Crippen LogP contribution < -0.4 is 4.31 Å². The number of nitrogens with zero attached hydrogens (tertiary/aromatic N) is 2. The quantitative estimate of drug-likeness (QED) is 0.630. The third kappa shape index (κ3) is 3.42. The molecule has 0 N–H and O–H groups in total. The molecule has 3 nitrogen and oxygen atoms in total. The fourth-order valence-corrected chi connectivity index (χ4v) is 3.68. The molecule has 0 radical (unpaired) electrons. The molecule has 0 fully saturated rings. The zero-order valence-electron chi connectivity index (χ0n) is 9.14. The second-order valence-corrected chi connectivity index (χ2v) is 7.85. The summed E-state index contributed by atoms with van der Waals surface area (Å²) in [5, 5.41) is 0. The summed E-state index contributed by atoms with van der Waals surface area (Å²) < 4.78 is 25.1. The van der Waals surface area contributed by atoms with Crippen LogP contribution in [0.2, 0.25) is 0 Å². The molecule has 0 saturated heterocycles. The van der Waals surface area contributed by atoms with Gasteiger partial charge in [0.2, 0.25) is 0 Å². The van der Waals surface area contributed by atoms with Gasteiger partial charge in [-0.1, -0.05) is 18.2 Å². The lowest BCUT2D eigenvalue weighted by molar-refractivity contribution is 0.404. The van der Waals surface area contributed by atoms with Crippen molar-refractivity contribution in [2.45, 2.75) is 4.71 Å². The van der Waals surface area contributed by atoms with E-state index >= 15 is 0 Å². The molecule has 0 aliphatic heterocycles. The monoisotopic (exact) mass is 316 g/mol. The minimum absolute atomic E-state index is 0.244. The van der Waals surface area contributed by atoms with Crippen LogP contribution in [0.4, 0.5) is 10.1 Å². The van der Waals surface area contributed by atoms with Crippen LogP contribution in [0.1, 0.15) is 0 Å². The summed E-state index contributed by atoms with van der Waals surface area (Å²) in [4.78, 5) is 0. The molecule has 0 heterocycles. The molecule has 0 saturated carbocycles. The van der Waals surface area contributed by atoms with Gasteiger partial charge in [0.05, 0.1) is 5.69 Å². The zero-order chi connectivity index (χ0) is 13.3. The highest BCUT2D eigenvalue weighted by molar-refractivity contribution is 8.32. The van der Waals surface area contributed by atoms with E-state index in [4.69, 9.17) is 34.4 Å². The molecule has 0 aliphatic carbocycles. The maximum atomic E-state index is 13.8. The van der Waals surface area contributed by atoms with E-state index in [1.165, 1.54) is 30.5 Å². The molecule has 17 heavy (non-hydrogen) atoms. The van der Waals surface area contributed by atoms with Crippen LogP contribution >= 0.6 is 23.2 Å². The normalized spacial score (nSPS) is 15.6. The molecule has 0 aliphatic rings. The van der Waals surface area contributed by atoms with Crippen LogP contribution in [-0.4, -0.2) is 27.3 Å². The van der Waals surface area contributed by atoms with E-state index in [1.54, 1.807) is 18.2 Å². The summed E-state index contributed by atoms with van der Waals surface area (Å²) >= 11 is 15.7. The maximum absolute atomic E-state index is 13.8. The highest BCUT2D eigenvalue weighted by atomic mass is 35.5. The van der Waals surface area contributed by atoms with Crippen LogP contribution in [0.5, 0.6) is 0 Å². The van der Waals surface area contributed by atoms with Gasteiger partial charge >= 0.3 is 4.71 Å². The van der Waals surface area contributed by atoms with Crippen molar-refractivity contribution in [2.24, 2.45) is 0 Å². The molecule has 8 heteroatoms. The van der Waals surface area contributed by atoms with E-state index in [0.717, 1.165) is 0 Å². The molecule has 1 rings (SSSR count). The molecule has 0 bridgehead atoms. The topological polar surface area (TPSA) is 23.6 Å². The van der Waals surface area contributed by atoms with Crippen molar-refractivity contribution in [1.29, 1.82) is 0 Å². The average Bonchev–Trinajstić information content (AvgIpc) is 2.16. The summed E-state index contributed by atoms with van der Waals surface area (Å²) in [6.07, 6.45) is 0. The second-order valence-electron chi connectivity index (χ2n) is 3.36. The van der Waals surface area contributed by atoms with E-state index in [0.29, 0.717) is 4.31 Å². The third-order valence-corrected chi connectivity index (χ3v) is 5.64. The van der Waals surface area contributed by atoms with Crippen LogP contribution in [0.25, 0.3) is 0 Å². The molecule has 1 atom stereocenters. The van der Waals surface area contributed by atoms with Gasteiger partial charge in [0.25, 0.3) is 0 Å². The van der Waals surface area contributed by atoms with Gasteiger partial charge in [-0.2, -0.15) is 4.39 Å². The first-order chi connectivity index (χ1) is 7.67. The first kappa shape index (κ1) is 14.9. The van der Waals surface area contributed by atoms with Crippen molar-refractivity contribution in [3.05, 3.63) is 30.3 Å². The van der Waals surface area contributed by atoms with Crippen molar-refractivity contribution in [3.8, 4) is 0 Å². The standard InChI is InChI=1S/C9H11Cl2FN2OS2/c1-13(2)17(15,16)14(9(10,11)12)8-6-4-3-5-7-8/h3-7H,1-2H3. The largest absolute Gasteiger partial charge is 0.349 e. The summed E-state index contributed by atoms with van der Waals surface area (Å²) in [6, 6.07) is 8.05. The number of anilines is 1. The van der Waals surface area contributed by atoms with Gasteiger partial charge in [-0.25, -0.2) is 12.8 Å². The Morgan fingerprint density at radius 1 is 1.29 bits per heavy atom. The van der Waals surface area contributed by atoms with Crippen LogP contribution in [0, 0.1) is 0 Å². The van der Waals surface area contributed by atoms with Crippen molar-refractivity contribution in [3.63, 3.8) is 0 Å². The van der Waals surface area contributed by atoms with Gasteiger partial charge in [0, 0.05) is 25.3 Å².